The number of phosphoric acid groups is 2. The van der Waals surface area contributed by atoms with Crippen LogP contribution in [0.3, 0.4) is 0 Å². The predicted octanol–water partition coefficient (Wildman–Crippen LogP) is -9.00. The number of aromatic nitrogens is 2. The van der Waals surface area contributed by atoms with Crippen LogP contribution < -0.4 is 80.2 Å². The Balaban J connectivity index is 0.00000451. The number of ether oxygens (including phenoxy) is 2. The standard InChI is InChI=1S/C22H27N3O20P2S2.2Na/c26-13-3-4-24(22(34)23-13)19-17(30)14(27)11(42-19)6-41-46(37,38)45-47(39,40)44-21-18(31)16(29)15(28)12(43-21)7-48-49-8-1-2-10(25(35)36)9(5-8)20(32)33;;/h1-5,11-12,14-19,21,27-31H,6-7H2,(H,32,33)(H,37,38)(H,39,40)(H,23,26,34);;/q;2*+1/p-2. The minimum atomic E-state index is -6.04. The zero-order valence-electron chi connectivity index (χ0n) is 26.0. The number of carbonyl (C=O) groups is 1. The van der Waals surface area contributed by atoms with Crippen molar-refractivity contribution < 1.29 is 141 Å². The number of aliphatic hydroxyl groups excluding tert-OH is 5. The van der Waals surface area contributed by atoms with Crippen LogP contribution in [-0.4, -0.2) is 112 Å². The molecule has 0 amide bonds. The van der Waals surface area contributed by atoms with E-state index in [2.05, 4.69) is 13.4 Å². The van der Waals surface area contributed by atoms with Crippen molar-refractivity contribution in [1.29, 1.82) is 0 Å². The van der Waals surface area contributed by atoms with Crippen molar-refractivity contribution in [2.75, 3.05) is 12.4 Å². The molecule has 23 nitrogen and oxygen atoms in total. The molecule has 2 saturated heterocycles. The Labute approximate surface area is 336 Å². The average Bonchev–Trinajstić information content (AvgIpc) is 3.29. The number of aromatic carboxylic acids is 1. The van der Waals surface area contributed by atoms with Crippen molar-refractivity contribution in [1.82, 2.24) is 9.55 Å². The molecule has 29 heteroatoms. The molecule has 0 spiro atoms. The average molecular weight is 824 g/mol. The molecule has 2 fully saturated rings. The smallest absolute Gasteiger partial charge is 0.756 e. The summed E-state index contributed by atoms with van der Waals surface area (Å²) in [5.41, 5.74) is -3.11. The fraction of sp³-hybridized carbons (Fsp3) is 0.500. The van der Waals surface area contributed by atoms with E-state index in [1.807, 2.05) is 4.98 Å². The van der Waals surface area contributed by atoms with Crippen LogP contribution in [0.2, 0.25) is 0 Å². The first kappa shape index (κ1) is 46.6. The van der Waals surface area contributed by atoms with E-state index in [9.17, 15) is 74.1 Å². The number of carboxylic acids is 1. The largest absolute Gasteiger partial charge is 1.00 e. The molecule has 2 aliphatic heterocycles. The van der Waals surface area contributed by atoms with Gasteiger partial charge in [0, 0.05) is 29.0 Å². The summed E-state index contributed by atoms with van der Waals surface area (Å²) in [5, 5.41) is 71.5. The number of nitrogens with one attached hydrogen (secondary N) is 1. The number of H-pyrrole nitrogens is 1. The zero-order valence-corrected chi connectivity index (χ0v) is 33.4. The molecule has 1 aromatic carbocycles. The van der Waals surface area contributed by atoms with Crippen LogP contribution >= 0.6 is 37.2 Å². The van der Waals surface area contributed by atoms with Crippen molar-refractivity contribution in [3.8, 4) is 0 Å². The number of hydrogen-bond acceptors (Lipinski definition) is 21. The van der Waals surface area contributed by atoms with Gasteiger partial charge in [0.15, 0.2) is 12.5 Å². The third-order valence-electron chi connectivity index (χ3n) is 6.74. The van der Waals surface area contributed by atoms with Gasteiger partial charge >= 0.3 is 70.8 Å². The number of benzene rings is 1. The number of aromatic amines is 1. The number of rotatable bonds is 14. The van der Waals surface area contributed by atoms with E-state index in [-0.39, 0.29) is 69.8 Å². The molecule has 1 aromatic heterocycles. The van der Waals surface area contributed by atoms with E-state index in [0.29, 0.717) is 4.57 Å². The summed E-state index contributed by atoms with van der Waals surface area (Å²) in [7, 11) is -10.2. The quantitative estimate of drug-likeness (QED) is 0.0306. The maximum Gasteiger partial charge on any atom is 1.00 e. The van der Waals surface area contributed by atoms with Crippen LogP contribution in [0, 0.1) is 10.1 Å². The Morgan fingerprint density at radius 2 is 1.61 bits per heavy atom. The first-order valence-electron chi connectivity index (χ1n) is 13.3. The Morgan fingerprint density at radius 3 is 2.22 bits per heavy atom. The van der Waals surface area contributed by atoms with Gasteiger partial charge in [-0.15, -0.1) is 0 Å². The van der Waals surface area contributed by atoms with Gasteiger partial charge in [0.05, 0.1) is 17.6 Å². The van der Waals surface area contributed by atoms with Crippen LogP contribution in [-0.2, 0) is 32.0 Å². The molecule has 7 N–H and O–H groups in total. The van der Waals surface area contributed by atoms with Crippen LogP contribution in [0.25, 0.3) is 0 Å². The second kappa shape index (κ2) is 19.4. The van der Waals surface area contributed by atoms with Gasteiger partial charge in [-0.05, 0) is 12.1 Å². The summed E-state index contributed by atoms with van der Waals surface area (Å²) < 4.78 is 48.7. The van der Waals surface area contributed by atoms with Crippen molar-refractivity contribution in [2.24, 2.45) is 0 Å². The monoisotopic (exact) mass is 823 g/mol. The maximum absolute atomic E-state index is 12.4. The molecule has 0 bridgehead atoms. The second-order valence-corrected chi connectivity index (χ2v) is 15.4. The molecular weight excluding hydrogens is 798 g/mol. The molecule has 51 heavy (non-hydrogen) atoms. The molecule has 2 aliphatic rings. The van der Waals surface area contributed by atoms with E-state index >= 15 is 0 Å². The summed E-state index contributed by atoms with van der Waals surface area (Å²) in [5.74, 6) is -1.87. The minimum absolute atomic E-state index is 0. The van der Waals surface area contributed by atoms with Crippen LogP contribution in [0.1, 0.15) is 16.6 Å². The van der Waals surface area contributed by atoms with Gasteiger partial charge in [-0.1, -0.05) is 21.6 Å². The molecule has 0 radical (unpaired) electrons. The van der Waals surface area contributed by atoms with Gasteiger partial charge in [-0.3, -0.25) is 38.1 Å². The van der Waals surface area contributed by atoms with Gasteiger partial charge < -0.3 is 54.4 Å². The number of nitrogens with zero attached hydrogens (tertiary/aromatic N) is 2. The van der Waals surface area contributed by atoms with Gasteiger partial charge in [-0.2, -0.15) is 0 Å². The fourth-order valence-corrected chi connectivity index (χ4v) is 8.70. The molecule has 272 valence electrons. The molecule has 2 aromatic rings. The van der Waals surface area contributed by atoms with Crippen molar-refractivity contribution >= 4 is 48.9 Å². The Bertz CT molecular complexity index is 1770. The number of aliphatic hydroxyl groups is 5. The summed E-state index contributed by atoms with van der Waals surface area (Å²) in [6.07, 6.45) is -16.2. The van der Waals surface area contributed by atoms with Crippen molar-refractivity contribution in [2.45, 2.75) is 60.1 Å². The molecule has 11 atom stereocenters. The predicted molar refractivity (Wildman–Crippen MR) is 156 cm³/mol. The first-order valence-corrected chi connectivity index (χ1v) is 18.5. The number of carboxylic acid groups (broad SMARTS) is 1. The topological polar surface area (TPSA) is 363 Å². The first-order chi connectivity index (χ1) is 22.8. The van der Waals surface area contributed by atoms with E-state index in [1.165, 1.54) is 6.07 Å². The van der Waals surface area contributed by atoms with Crippen LogP contribution in [0.5, 0.6) is 0 Å². The molecule has 0 aliphatic carbocycles. The van der Waals surface area contributed by atoms with E-state index in [1.54, 1.807) is 0 Å². The molecular formula is C22H25N3Na2O20P2S2. The third-order valence-corrected chi connectivity index (χ3v) is 11.6. The number of nitro benzene ring substituents is 1. The van der Waals surface area contributed by atoms with Crippen molar-refractivity contribution in [3.63, 3.8) is 0 Å². The van der Waals surface area contributed by atoms with Gasteiger partial charge in [0.2, 0.25) is 0 Å². The molecule has 0 saturated carbocycles. The number of nitro groups is 1. The third kappa shape index (κ3) is 12.0. The van der Waals surface area contributed by atoms with Gasteiger partial charge in [0.1, 0.15) is 42.2 Å². The van der Waals surface area contributed by atoms with E-state index in [0.717, 1.165) is 46.0 Å². The SMILES string of the molecule is O=C(O)c1cc(SSCC2OC(OP(=O)([O-])OP(=O)([O-])OCC3OC(n4ccc(=O)[nH]c4=O)C(O)C3O)C(O)C(O)C2O)ccc1[N+](=O)[O-].[Na+].[Na+]. The summed E-state index contributed by atoms with van der Waals surface area (Å²) in [6, 6.07) is 4.08. The Hall–Kier alpha value is -0.550. The minimum Gasteiger partial charge on any atom is -0.756 e. The zero-order chi connectivity index (χ0) is 36.4. The number of hydrogen-bond donors (Lipinski definition) is 7. The van der Waals surface area contributed by atoms with E-state index in [4.69, 9.17) is 9.47 Å². The maximum atomic E-state index is 12.4. The number of phosphoric ester groups is 2. The Morgan fingerprint density at radius 1 is 0.961 bits per heavy atom. The summed E-state index contributed by atoms with van der Waals surface area (Å²) in [4.78, 5) is 71.6. The molecule has 11 unspecified atom stereocenters. The molecule has 3 heterocycles. The van der Waals surface area contributed by atoms with Crippen LogP contribution in [0.4, 0.5) is 5.69 Å². The van der Waals surface area contributed by atoms with Gasteiger partial charge in [0.25, 0.3) is 26.9 Å². The Kier molecular flexibility index (Phi) is 17.7. The normalized spacial score (nSPS) is 29.9. The summed E-state index contributed by atoms with van der Waals surface area (Å²) >= 11 is 0. The van der Waals surface area contributed by atoms with Gasteiger partial charge in [-0.25, -0.2) is 13.9 Å². The van der Waals surface area contributed by atoms with Crippen molar-refractivity contribution in [3.05, 3.63) is 67.0 Å². The summed E-state index contributed by atoms with van der Waals surface area (Å²) in [6.45, 7) is -1.17. The van der Waals surface area contributed by atoms with Crippen LogP contribution in [0.15, 0.2) is 44.9 Å². The van der Waals surface area contributed by atoms with E-state index < -0.39 is 111 Å². The second-order valence-electron chi connectivity index (χ2n) is 10.1. The molecule has 4 rings (SSSR count). The fourth-order valence-electron chi connectivity index (χ4n) is 4.39.